The third-order valence-corrected chi connectivity index (χ3v) is 2.92. The monoisotopic (exact) mass is 286 g/mol. The van der Waals surface area contributed by atoms with Crippen molar-refractivity contribution in [1.82, 2.24) is 0 Å². The first kappa shape index (κ1) is 21.5. The van der Waals surface area contributed by atoms with Crippen LogP contribution in [0.5, 0.6) is 0 Å². The summed E-state index contributed by atoms with van der Waals surface area (Å²) >= 11 is 0. The summed E-state index contributed by atoms with van der Waals surface area (Å²) in [7, 11) is 0. The number of aliphatic carboxylic acids is 1. The first-order valence-corrected chi connectivity index (χ1v) is 8.10. The number of aliphatic hydroxyl groups is 1. The molecule has 0 aliphatic heterocycles. The predicted octanol–water partition coefficient (Wildman–Crippen LogP) is 4.94. The van der Waals surface area contributed by atoms with Gasteiger partial charge in [0.25, 0.3) is 5.97 Å². The summed E-state index contributed by atoms with van der Waals surface area (Å²) in [6, 6.07) is 0. The van der Waals surface area contributed by atoms with E-state index in [1.54, 1.807) is 0 Å². The van der Waals surface area contributed by atoms with Crippen molar-refractivity contribution in [3.8, 4) is 0 Å². The maximum absolute atomic E-state index is 9.00. The van der Waals surface area contributed by atoms with Crippen molar-refractivity contribution in [3.05, 3.63) is 12.2 Å². The van der Waals surface area contributed by atoms with E-state index >= 15 is 0 Å². The normalized spacial score (nSPS) is 10.3. The molecule has 0 fully saturated rings. The average Bonchev–Trinajstić information content (AvgIpc) is 2.39. The molecule has 0 bridgehead atoms. The number of hydrogen-bond acceptors (Lipinski definition) is 2. The van der Waals surface area contributed by atoms with Gasteiger partial charge in [0.15, 0.2) is 0 Å². The van der Waals surface area contributed by atoms with Gasteiger partial charge in [-0.1, -0.05) is 57.6 Å². The molecule has 3 heteroatoms. The zero-order valence-electron chi connectivity index (χ0n) is 13.4. The first-order chi connectivity index (χ1) is 9.65. The Bertz CT molecular complexity index is 208. The van der Waals surface area contributed by atoms with Crippen LogP contribution >= 0.6 is 0 Å². The molecule has 0 heterocycles. The molecule has 0 aliphatic rings. The van der Waals surface area contributed by atoms with Crippen molar-refractivity contribution >= 4 is 5.97 Å². The van der Waals surface area contributed by atoms with Crippen LogP contribution in [0.25, 0.3) is 0 Å². The lowest BCUT2D eigenvalue weighted by Gasteiger charge is -1.97. The Morgan fingerprint density at radius 3 is 1.70 bits per heavy atom. The van der Waals surface area contributed by atoms with Crippen LogP contribution in [-0.2, 0) is 4.79 Å². The number of carboxylic acid groups (broad SMARTS) is 1. The van der Waals surface area contributed by atoms with Crippen molar-refractivity contribution < 1.29 is 15.0 Å². The van der Waals surface area contributed by atoms with Crippen molar-refractivity contribution in [2.45, 2.75) is 84.5 Å². The van der Waals surface area contributed by atoms with Gasteiger partial charge in [-0.3, -0.25) is 4.79 Å². The molecular formula is C17H34O3. The van der Waals surface area contributed by atoms with Crippen LogP contribution < -0.4 is 0 Å². The minimum absolute atomic E-state index is 0.359. The Balaban J connectivity index is 0. The summed E-state index contributed by atoms with van der Waals surface area (Å²) in [6.07, 6.45) is 18.8. The van der Waals surface area contributed by atoms with Crippen molar-refractivity contribution in [2.75, 3.05) is 6.61 Å². The van der Waals surface area contributed by atoms with Crippen LogP contribution in [0.4, 0.5) is 0 Å². The Hall–Kier alpha value is -0.830. The second kappa shape index (κ2) is 20.5. The van der Waals surface area contributed by atoms with Gasteiger partial charge < -0.3 is 10.2 Å². The Morgan fingerprint density at radius 2 is 1.25 bits per heavy atom. The summed E-state index contributed by atoms with van der Waals surface area (Å²) in [4.78, 5) is 9.00. The fourth-order valence-corrected chi connectivity index (χ4v) is 1.83. The van der Waals surface area contributed by atoms with E-state index in [0.717, 1.165) is 13.3 Å². The molecule has 0 rings (SSSR count). The average molecular weight is 286 g/mol. The predicted molar refractivity (Wildman–Crippen MR) is 86.0 cm³/mol. The molecule has 120 valence electrons. The zero-order valence-corrected chi connectivity index (χ0v) is 13.4. The minimum atomic E-state index is -0.833. The summed E-state index contributed by atoms with van der Waals surface area (Å²) in [6.45, 7) is 3.70. The second-order valence-electron chi connectivity index (χ2n) is 5.12. The second-order valence-corrected chi connectivity index (χ2v) is 5.12. The minimum Gasteiger partial charge on any atom is -0.481 e. The van der Waals surface area contributed by atoms with Gasteiger partial charge in [0.05, 0.1) is 0 Å². The molecule has 0 unspecified atom stereocenters. The maximum Gasteiger partial charge on any atom is 0.300 e. The molecule has 0 aromatic carbocycles. The Morgan fingerprint density at radius 1 is 0.850 bits per heavy atom. The lowest BCUT2D eigenvalue weighted by molar-refractivity contribution is -0.134. The van der Waals surface area contributed by atoms with Crippen molar-refractivity contribution in [1.29, 1.82) is 0 Å². The van der Waals surface area contributed by atoms with Gasteiger partial charge >= 0.3 is 0 Å². The van der Waals surface area contributed by atoms with Gasteiger partial charge in [0.2, 0.25) is 0 Å². The van der Waals surface area contributed by atoms with E-state index in [4.69, 9.17) is 15.0 Å². The van der Waals surface area contributed by atoms with Crippen LogP contribution in [0.3, 0.4) is 0 Å². The zero-order chi connectivity index (χ0) is 15.5. The van der Waals surface area contributed by atoms with Gasteiger partial charge in [0.1, 0.15) is 0 Å². The molecule has 0 spiro atoms. The molecule has 0 aliphatic carbocycles. The number of hydrogen-bond donors (Lipinski definition) is 2. The van der Waals surface area contributed by atoms with Gasteiger partial charge in [-0.2, -0.15) is 0 Å². The van der Waals surface area contributed by atoms with Gasteiger partial charge in [0, 0.05) is 13.5 Å². The summed E-state index contributed by atoms with van der Waals surface area (Å²) in [5.41, 5.74) is 0. The molecule has 3 nitrogen and oxygen atoms in total. The highest BCUT2D eigenvalue weighted by Crippen LogP contribution is 2.07. The van der Waals surface area contributed by atoms with E-state index in [2.05, 4.69) is 19.1 Å². The fraction of sp³-hybridized carbons (Fsp3) is 0.824. The number of carbonyl (C=O) groups is 1. The van der Waals surface area contributed by atoms with E-state index in [9.17, 15) is 0 Å². The topological polar surface area (TPSA) is 57.5 Å². The smallest absolute Gasteiger partial charge is 0.300 e. The first-order valence-electron chi connectivity index (χ1n) is 8.10. The SMILES string of the molecule is CC(=O)O.CCCCCCC=CCCCCCCCO. The Labute approximate surface area is 125 Å². The van der Waals surface area contributed by atoms with E-state index in [-0.39, 0.29) is 0 Å². The molecular weight excluding hydrogens is 252 g/mol. The number of aliphatic hydroxyl groups excluding tert-OH is 1. The standard InChI is InChI=1S/C15H30O.C2H4O2/c1-2-3-4-5-6-7-8-9-10-11-12-13-14-15-16;1-2(3)4/h7-8,16H,2-6,9-15H2,1H3;1H3,(H,3,4). The number of unbranched alkanes of at least 4 members (excludes halogenated alkanes) is 9. The van der Waals surface area contributed by atoms with E-state index in [0.29, 0.717) is 6.61 Å². The van der Waals surface area contributed by atoms with Crippen LogP contribution in [-0.4, -0.2) is 22.8 Å². The van der Waals surface area contributed by atoms with E-state index in [1.165, 1.54) is 64.2 Å². The molecule has 0 aromatic heterocycles. The molecule has 0 aromatic rings. The van der Waals surface area contributed by atoms with Gasteiger partial charge in [-0.05, 0) is 32.1 Å². The van der Waals surface area contributed by atoms with E-state index < -0.39 is 5.97 Å². The van der Waals surface area contributed by atoms with E-state index in [1.807, 2.05) is 0 Å². The van der Waals surface area contributed by atoms with Crippen LogP contribution in [0.15, 0.2) is 12.2 Å². The largest absolute Gasteiger partial charge is 0.481 e. The highest BCUT2D eigenvalue weighted by Gasteiger charge is 1.88. The molecule has 0 amide bonds. The van der Waals surface area contributed by atoms with Crippen molar-refractivity contribution in [2.24, 2.45) is 0 Å². The number of rotatable bonds is 12. The number of allylic oxidation sites excluding steroid dienone is 2. The quantitative estimate of drug-likeness (QED) is 0.395. The Kier molecular flexibility index (Phi) is 22.0. The molecule has 20 heavy (non-hydrogen) atoms. The molecule has 0 saturated carbocycles. The highest BCUT2D eigenvalue weighted by molar-refractivity contribution is 5.62. The number of carboxylic acids is 1. The van der Waals surface area contributed by atoms with Gasteiger partial charge in [-0.15, -0.1) is 0 Å². The van der Waals surface area contributed by atoms with Crippen molar-refractivity contribution in [3.63, 3.8) is 0 Å². The van der Waals surface area contributed by atoms with Gasteiger partial charge in [-0.25, -0.2) is 0 Å². The maximum atomic E-state index is 9.00. The fourth-order valence-electron chi connectivity index (χ4n) is 1.83. The molecule has 2 N–H and O–H groups in total. The molecule has 0 saturated heterocycles. The summed E-state index contributed by atoms with van der Waals surface area (Å²) in [5, 5.41) is 16.0. The summed E-state index contributed by atoms with van der Waals surface area (Å²) in [5.74, 6) is -0.833. The van der Waals surface area contributed by atoms with Crippen LogP contribution in [0.2, 0.25) is 0 Å². The highest BCUT2D eigenvalue weighted by atomic mass is 16.4. The van der Waals surface area contributed by atoms with Crippen LogP contribution in [0, 0.1) is 0 Å². The lowest BCUT2D eigenvalue weighted by Crippen LogP contribution is -1.83. The molecule has 0 radical (unpaired) electrons. The lowest BCUT2D eigenvalue weighted by atomic mass is 10.1. The third kappa shape index (κ3) is 30.3. The molecule has 0 atom stereocenters. The summed E-state index contributed by atoms with van der Waals surface area (Å²) < 4.78 is 0. The van der Waals surface area contributed by atoms with Crippen LogP contribution in [0.1, 0.15) is 84.5 Å². The third-order valence-electron chi connectivity index (χ3n) is 2.92.